The number of nitrogens with zero attached hydrogens (tertiary/aromatic N) is 4. The molecule has 0 bridgehead atoms. The average molecular weight is 490 g/mol. The molecule has 2 heterocycles. The zero-order chi connectivity index (χ0) is 18.5. The second kappa shape index (κ2) is 9.95. The Kier molecular flexibility index (Phi) is 7.93. The number of fused-ring (bicyclic) bond motifs is 1. The van der Waals surface area contributed by atoms with Crippen molar-refractivity contribution in [1.82, 2.24) is 25.4 Å². The molecule has 0 aliphatic carbocycles. The van der Waals surface area contributed by atoms with Crippen LogP contribution < -0.4 is 10.6 Å². The second-order valence-corrected chi connectivity index (χ2v) is 6.34. The van der Waals surface area contributed by atoms with Crippen LogP contribution in [0.2, 0.25) is 0 Å². The summed E-state index contributed by atoms with van der Waals surface area (Å²) in [6.45, 7) is 3.24. The lowest BCUT2D eigenvalue weighted by Crippen LogP contribution is -2.47. The Balaban J connectivity index is 0.00000261. The van der Waals surface area contributed by atoms with Crippen molar-refractivity contribution < 1.29 is 8.78 Å². The van der Waals surface area contributed by atoms with E-state index in [1.807, 2.05) is 11.6 Å². The molecule has 9 heteroatoms. The number of halogens is 3. The molecule has 1 aromatic carbocycles. The minimum atomic E-state index is -0.429. The van der Waals surface area contributed by atoms with Crippen molar-refractivity contribution in [2.24, 2.45) is 4.99 Å². The van der Waals surface area contributed by atoms with Gasteiger partial charge in [0.05, 0.1) is 6.54 Å². The number of rotatable bonds is 5. The summed E-state index contributed by atoms with van der Waals surface area (Å²) in [5.41, 5.74) is 0.352. The van der Waals surface area contributed by atoms with Crippen molar-refractivity contribution in [2.75, 3.05) is 13.6 Å². The molecule has 2 aromatic rings. The molecule has 6 nitrogen and oxygen atoms in total. The fourth-order valence-electron chi connectivity index (χ4n) is 3.07. The molecule has 3 rings (SSSR count). The van der Waals surface area contributed by atoms with Crippen LogP contribution in [0.4, 0.5) is 8.78 Å². The van der Waals surface area contributed by atoms with Gasteiger partial charge in [-0.3, -0.25) is 4.99 Å². The number of hydrogen-bond acceptors (Lipinski definition) is 3. The van der Waals surface area contributed by atoms with E-state index >= 15 is 0 Å². The highest BCUT2D eigenvalue weighted by molar-refractivity contribution is 14.0. The number of aryl methyl sites for hydroxylation is 2. The highest BCUT2D eigenvalue weighted by Gasteiger charge is 2.22. The Morgan fingerprint density at radius 3 is 2.93 bits per heavy atom. The molecule has 148 valence electrons. The first-order chi connectivity index (χ1) is 12.6. The summed E-state index contributed by atoms with van der Waals surface area (Å²) in [4.78, 5) is 8.73. The van der Waals surface area contributed by atoms with Crippen LogP contribution in [0.5, 0.6) is 0 Å². The molecule has 1 aliphatic rings. The van der Waals surface area contributed by atoms with Crippen molar-refractivity contribution >= 4 is 29.9 Å². The summed E-state index contributed by atoms with van der Waals surface area (Å²) in [7, 11) is 1.69. The molecule has 0 saturated carbocycles. The van der Waals surface area contributed by atoms with Crippen LogP contribution in [-0.4, -0.2) is 40.4 Å². The number of guanidine groups is 1. The molecule has 27 heavy (non-hydrogen) atoms. The van der Waals surface area contributed by atoms with Crippen molar-refractivity contribution in [1.29, 1.82) is 0 Å². The molecular formula is C18H25F2IN6. The van der Waals surface area contributed by atoms with Gasteiger partial charge in [-0.1, -0.05) is 6.92 Å². The number of nitrogens with one attached hydrogen (secondary N) is 2. The van der Waals surface area contributed by atoms with E-state index in [4.69, 9.17) is 0 Å². The Morgan fingerprint density at radius 1 is 1.37 bits per heavy atom. The van der Waals surface area contributed by atoms with Gasteiger partial charge >= 0.3 is 0 Å². The first kappa shape index (κ1) is 21.5. The highest BCUT2D eigenvalue weighted by atomic mass is 127. The summed E-state index contributed by atoms with van der Waals surface area (Å²) in [6, 6.07) is 3.70. The molecule has 0 amide bonds. The van der Waals surface area contributed by atoms with Crippen LogP contribution >= 0.6 is 24.0 Å². The lowest BCUT2D eigenvalue weighted by molar-refractivity contribution is 0.392. The zero-order valence-corrected chi connectivity index (χ0v) is 17.8. The molecule has 0 fully saturated rings. The molecular weight excluding hydrogens is 465 g/mol. The Morgan fingerprint density at radius 2 is 2.19 bits per heavy atom. The van der Waals surface area contributed by atoms with Gasteiger partial charge in [-0.05, 0) is 36.6 Å². The van der Waals surface area contributed by atoms with E-state index in [0.717, 1.165) is 49.6 Å². The SMILES string of the molecule is CCc1nc2n(n1)CC(NC(=NC)NCCc1cc(F)ccc1F)CC2.I. The lowest BCUT2D eigenvalue weighted by Gasteiger charge is -2.25. The molecule has 0 radical (unpaired) electrons. The van der Waals surface area contributed by atoms with Crippen LogP contribution in [-0.2, 0) is 25.8 Å². The maximum absolute atomic E-state index is 13.7. The molecule has 1 unspecified atom stereocenters. The number of benzene rings is 1. The van der Waals surface area contributed by atoms with Crippen LogP contribution in [0.1, 0.15) is 30.6 Å². The van der Waals surface area contributed by atoms with Gasteiger partial charge in [0.1, 0.15) is 17.5 Å². The zero-order valence-electron chi connectivity index (χ0n) is 15.5. The van der Waals surface area contributed by atoms with Crippen LogP contribution in [0, 0.1) is 11.6 Å². The molecule has 1 aromatic heterocycles. The van der Waals surface area contributed by atoms with Crippen molar-refractivity contribution in [2.45, 2.75) is 45.2 Å². The van der Waals surface area contributed by atoms with E-state index in [0.29, 0.717) is 24.5 Å². The third kappa shape index (κ3) is 5.60. The predicted molar refractivity (Wildman–Crippen MR) is 111 cm³/mol. The van der Waals surface area contributed by atoms with E-state index in [2.05, 4.69) is 25.7 Å². The molecule has 0 saturated heterocycles. The van der Waals surface area contributed by atoms with Gasteiger partial charge in [0.25, 0.3) is 0 Å². The Labute approximate surface area is 174 Å². The summed E-state index contributed by atoms with van der Waals surface area (Å²) < 4.78 is 28.8. The molecule has 1 atom stereocenters. The maximum Gasteiger partial charge on any atom is 0.191 e. The van der Waals surface area contributed by atoms with Gasteiger partial charge in [0.2, 0.25) is 0 Å². The maximum atomic E-state index is 13.7. The smallest absolute Gasteiger partial charge is 0.191 e. The van der Waals surface area contributed by atoms with Crippen molar-refractivity contribution in [3.63, 3.8) is 0 Å². The largest absolute Gasteiger partial charge is 0.356 e. The van der Waals surface area contributed by atoms with Gasteiger partial charge in [-0.15, -0.1) is 24.0 Å². The van der Waals surface area contributed by atoms with Gasteiger partial charge in [-0.25, -0.2) is 18.4 Å². The van der Waals surface area contributed by atoms with Gasteiger partial charge in [-0.2, -0.15) is 5.10 Å². The fourth-order valence-corrected chi connectivity index (χ4v) is 3.07. The normalized spacial score (nSPS) is 16.4. The van der Waals surface area contributed by atoms with E-state index < -0.39 is 11.6 Å². The number of aromatic nitrogens is 3. The van der Waals surface area contributed by atoms with Gasteiger partial charge in [0, 0.05) is 32.5 Å². The number of aliphatic imine (C=N–C) groups is 1. The highest BCUT2D eigenvalue weighted by Crippen LogP contribution is 2.13. The Bertz CT molecular complexity index is 792. The quantitative estimate of drug-likeness (QED) is 0.384. The third-order valence-corrected chi connectivity index (χ3v) is 4.48. The van der Waals surface area contributed by atoms with Crippen LogP contribution in [0.3, 0.4) is 0 Å². The summed E-state index contributed by atoms with van der Waals surface area (Å²) in [5, 5.41) is 11.0. The van der Waals surface area contributed by atoms with Gasteiger partial charge in [0.15, 0.2) is 11.8 Å². The summed E-state index contributed by atoms with van der Waals surface area (Å²) >= 11 is 0. The van der Waals surface area contributed by atoms with E-state index in [9.17, 15) is 8.78 Å². The van der Waals surface area contributed by atoms with Crippen molar-refractivity contribution in [3.8, 4) is 0 Å². The van der Waals surface area contributed by atoms with Crippen molar-refractivity contribution in [3.05, 3.63) is 47.0 Å². The fraction of sp³-hybridized carbons (Fsp3) is 0.500. The van der Waals surface area contributed by atoms with Crippen LogP contribution in [0.15, 0.2) is 23.2 Å². The minimum absolute atomic E-state index is 0. The van der Waals surface area contributed by atoms with Crippen LogP contribution in [0.25, 0.3) is 0 Å². The monoisotopic (exact) mass is 490 g/mol. The first-order valence-electron chi connectivity index (χ1n) is 8.92. The number of hydrogen-bond donors (Lipinski definition) is 2. The average Bonchev–Trinajstić information content (AvgIpc) is 3.06. The first-order valence-corrected chi connectivity index (χ1v) is 8.92. The van der Waals surface area contributed by atoms with E-state index in [1.54, 1.807) is 7.05 Å². The van der Waals surface area contributed by atoms with E-state index in [1.165, 1.54) is 6.07 Å². The lowest BCUT2D eigenvalue weighted by atomic mass is 10.1. The third-order valence-electron chi connectivity index (χ3n) is 4.48. The standard InChI is InChI=1S/C18H24F2N6.HI/c1-3-16-24-17-7-5-14(11-26(17)25-16)23-18(21-2)22-9-8-12-10-13(19)4-6-15(12)20;/h4,6,10,14H,3,5,7-9,11H2,1-2H3,(H2,21,22,23);1H. The molecule has 1 aliphatic heterocycles. The van der Waals surface area contributed by atoms with Gasteiger partial charge < -0.3 is 10.6 Å². The summed E-state index contributed by atoms with van der Waals surface area (Å²) in [6.07, 6.45) is 3.03. The minimum Gasteiger partial charge on any atom is -0.356 e. The topological polar surface area (TPSA) is 67.1 Å². The molecule has 0 spiro atoms. The Hall–Kier alpha value is -1.78. The predicted octanol–water partition coefficient (Wildman–Crippen LogP) is 2.46. The molecule has 2 N–H and O–H groups in total. The second-order valence-electron chi connectivity index (χ2n) is 6.34. The van der Waals surface area contributed by atoms with E-state index in [-0.39, 0.29) is 30.0 Å². The summed E-state index contributed by atoms with van der Waals surface area (Å²) in [5.74, 6) is 1.73.